The van der Waals surface area contributed by atoms with Crippen LogP contribution in [0.25, 0.3) is 0 Å². The summed E-state index contributed by atoms with van der Waals surface area (Å²) in [6.07, 6.45) is 0. The van der Waals surface area contributed by atoms with Crippen LogP contribution in [-0.4, -0.2) is 18.2 Å². The molecule has 0 saturated heterocycles. The van der Waals surface area contributed by atoms with Crippen LogP contribution in [0.4, 0.5) is 10.5 Å². The van der Waals surface area contributed by atoms with Crippen LogP contribution in [0.5, 0.6) is 5.75 Å². The van der Waals surface area contributed by atoms with E-state index in [1.807, 2.05) is 6.92 Å². The quantitative estimate of drug-likeness (QED) is 0.534. The Balaban J connectivity index is 2.87. The van der Waals surface area contributed by atoms with Crippen molar-refractivity contribution in [2.45, 2.75) is 13.7 Å². The zero-order valence-electron chi connectivity index (χ0n) is 7.66. The van der Waals surface area contributed by atoms with Crippen LogP contribution in [0, 0.1) is 6.92 Å². The summed E-state index contributed by atoms with van der Waals surface area (Å²) < 4.78 is 0. The Morgan fingerprint density at radius 2 is 2.23 bits per heavy atom. The summed E-state index contributed by atoms with van der Waals surface area (Å²) in [4.78, 5) is 11.0. The Labute approximate surface area is 78.0 Å². The van der Waals surface area contributed by atoms with Crippen LogP contribution in [0.15, 0.2) is 18.2 Å². The minimum Gasteiger partial charge on any atom is -0.506 e. The monoisotopic (exact) mass is 176 g/mol. The molecule has 1 aromatic rings. The summed E-state index contributed by atoms with van der Waals surface area (Å²) in [7, 11) is 1.40. The number of anilines is 1. The van der Waals surface area contributed by atoms with E-state index in [1.54, 1.807) is 25.0 Å². The van der Waals surface area contributed by atoms with E-state index in [9.17, 15) is 9.90 Å². The number of nitrogens with one attached hydrogen (secondary N) is 1. The third-order valence-electron chi connectivity index (χ3n) is 1.67. The standard InChI is InChI=1S/C9H11BNO2/c1-6-3-4-8(12)7(5-6)11-9(13)10-2/h3-5,12H,1-2H3,(H,11,13). The molecule has 1 rings (SSSR count). The maximum atomic E-state index is 11.0. The molecule has 2 N–H and O–H groups in total. The van der Waals surface area contributed by atoms with Crippen molar-refractivity contribution in [3.63, 3.8) is 0 Å². The first-order chi connectivity index (χ1) is 6.13. The second kappa shape index (κ2) is 3.98. The Kier molecular flexibility index (Phi) is 2.95. The largest absolute Gasteiger partial charge is 0.506 e. The molecule has 0 aliphatic rings. The van der Waals surface area contributed by atoms with Crippen LogP contribution < -0.4 is 5.32 Å². The van der Waals surface area contributed by atoms with E-state index in [2.05, 4.69) is 5.32 Å². The van der Waals surface area contributed by atoms with Gasteiger partial charge in [0, 0.05) is 0 Å². The first-order valence-electron chi connectivity index (χ1n) is 4.03. The molecule has 0 atom stereocenters. The molecule has 0 heterocycles. The molecule has 0 aliphatic heterocycles. The van der Waals surface area contributed by atoms with Crippen molar-refractivity contribution in [3.05, 3.63) is 23.8 Å². The molecule has 1 radical (unpaired) electrons. The minimum absolute atomic E-state index is 0.0841. The van der Waals surface area contributed by atoms with E-state index < -0.39 is 0 Å². The van der Waals surface area contributed by atoms with E-state index >= 15 is 0 Å². The van der Waals surface area contributed by atoms with Gasteiger partial charge in [-0.05, 0) is 24.6 Å². The zero-order valence-corrected chi connectivity index (χ0v) is 7.66. The Hall–Kier alpha value is -1.45. The molecule has 13 heavy (non-hydrogen) atoms. The Morgan fingerprint density at radius 1 is 1.54 bits per heavy atom. The maximum absolute atomic E-state index is 11.0. The van der Waals surface area contributed by atoms with Gasteiger partial charge >= 0.3 is 0 Å². The van der Waals surface area contributed by atoms with Crippen molar-refractivity contribution >= 4 is 18.8 Å². The predicted octanol–water partition coefficient (Wildman–Crippen LogP) is 1.98. The zero-order chi connectivity index (χ0) is 9.84. The molecule has 0 fully saturated rings. The van der Waals surface area contributed by atoms with Crippen molar-refractivity contribution in [1.29, 1.82) is 0 Å². The number of phenols is 1. The fourth-order valence-corrected chi connectivity index (χ4v) is 0.955. The van der Waals surface area contributed by atoms with Crippen LogP contribution in [-0.2, 0) is 0 Å². The van der Waals surface area contributed by atoms with Gasteiger partial charge in [0.05, 0.1) is 5.69 Å². The first-order valence-corrected chi connectivity index (χ1v) is 4.03. The van der Waals surface area contributed by atoms with E-state index in [0.29, 0.717) is 5.69 Å². The number of phenolic OH excluding ortho intramolecular Hbond substituents is 1. The van der Waals surface area contributed by atoms with Gasteiger partial charge in [-0.3, -0.25) is 4.79 Å². The van der Waals surface area contributed by atoms with Gasteiger partial charge in [0.1, 0.15) is 5.75 Å². The lowest BCUT2D eigenvalue weighted by Gasteiger charge is -2.06. The van der Waals surface area contributed by atoms with Gasteiger partial charge < -0.3 is 10.4 Å². The summed E-state index contributed by atoms with van der Waals surface area (Å²) in [6, 6.07) is 5.05. The molecule has 0 unspecified atom stereocenters. The molecule has 0 spiro atoms. The SMILES string of the molecule is C[B]C(=O)Nc1cc(C)ccc1O. The van der Waals surface area contributed by atoms with Gasteiger partial charge in [0.15, 0.2) is 5.81 Å². The molecule has 0 aliphatic carbocycles. The summed E-state index contributed by atoms with van der Waals surface area (Å²) in [5.41, 5.74) is 1.44. The molecular formula is C9H11BNO2. The molecule has 1 amide bonds. The highest BCUT2D eigenvalue weighted by Crippen LogP contribution is 2.23. The number of rotatable bonds is 2. The smallest absolute Gasteiger partial charge is 0.229 e. The molecule has 1 aromatic carbocycles. The highest BCUT2D eigenvalue weighted by molar-refractivity contribution is 6.74. The second-order valence-corrected chi connectivity index (χ2v) is 2.80. The summed E-state index contributed by atoms with van der Waals surface area (Å²) in [5.74, 6) is -0.137. The number of amides is 1. The number of carbonyl (C=O) groups excluding carboxylic acids is 1. The van der Waals surface area contributed by atoms with Crippen molar-refractivity contribution in [2.75, 3.05) is 5.32 Å². The van der Waals surface area contributed by atoms with Crippen molar-refractivity contribution in [1.82, 2.24) is 0 Å². The third-order valence-corrected chi connectivity index (χ3v) is 1.67. The molecular weight excluding hydrogens is 165 g/mol. The average Bonchev–Trinajstić information content (AvgIpc) is 2.11. The lowest BCUT2D eigenvalue weighted by atomic mass is 9.81. The number of carbonyl (C=O) groups is 1. The van der Waals surface area contributed by atoms with Crippen molar-refractivity contribution in [2.24, 2.45) is 0 Å². The van der Waals surface area contributed by atoms with Gasteiger partial charge in [0.2, 0.25) is 7.28 Å². The topological polar surface area (TPSA) is 49.3 Å². The Bertz CT molecular complexity index is 325. The third kappa shape index (κ3) is 2.51. The van der Waals surface area contributed by atoms with Gasteiger partial charge in [-0.2, -0.15) is 0 Å². The number of aryl methyl sites for hydroxylation is 1. The van der Waals surface area contributed by atoms with Crippen LogP contribution in [0.2, 0.25) is 6.82 Å². The van der Waals surface area contributed by atoms with Gasteiger partial charge in [-0.1, -0.05) is 12.9 Å². The van der Waals surface area contributed by atoms with Crippen molar-refractivity contribution in [3.8, 4) is 5.75 Å². The Morgan fingerprint density at radius 3 is 2.85 bits per heavy atom. The molecule has 3 nitrogen and oxygen atoms in total. The summed E-state index contributed by atoms with van der Waals surface area (Å²) in [6.45, 7) is 3.53. The summed E-state index contributed by atoms with van der Waals surface area (Å²) in [5, 5.41) is 11.9. The normalized spacial score (nSPS) is 9.38. The average molecular weight is 176 g/mol. The number of hydrogen-bond acceptors (Lipinski definition) is 2. The van der Waals surface area contributed by atoms with Crippen LogP contribution in [0.3, 0.4) is 0 Å². The molecule has 0 bridgehead atoms. The molecule has 0 aromatic heterocycles. The lowest BCUT2D eigenvalue weighted by Crippen LogP contribution is -2.14. The predicted molar refractivity (Wildman–Crippen MR) is 53.5 cm³/mol. The van der Waals surface area contributed by atoms with Crippen molar-refractivity contribution < 1.29 is 9.90 Å². The first kappa shape index (κ1) is 9.64. The fraction of sp³-hybridized carbons (Fsp3) is 0.222. The van der Waals surface area contributed by atoms with Crippen LogP contribution in [0.1, 0.15) is 5.56 Å². The lowest BCUT2D eigenvalue weighted by molar-refractivity contribution is 0.268. The minimum atomic E-state index is -0.221. The van der Waals surface area contributed by atoms with E-state index in [4.69, 9.17) is 0 Å². The molecule has 0 saturated carbocycles. The molecule has 67 valence electrons. The number of aromatic hydroxyl groups is 1. The van der Waals surface area contributed by atoms with E-state index in [-0.39, 0.29) is 11.6 Å². The van der Waals surface area contributed by atoms with E-state index in [1.165, 1.54) is 7.28 Å². The maximum Gasteiger partial charge on any atom is 0.229 e. The van der Waals surface area contributed by atoms with Gasteiger partial charge in [-0.25, -0.2) is 0 Å². The van der Waals surface area contributed by atoms with Gasteiger partial charge in [-0.15, -0.1) is 0 Å². The highest BCUT2D eigenvalue weighted by Gasteiger charge is 2.04. The number of hydrogen-bond donors (Lipinski definition) is 2. The fourth-order valence-electron chi connectivity index (χ4n) is 0.955. The van der Waals surface area contributed by atoms with E-state index in [0.717, 1.165) is 5.56 Å². The summed E-state index contributed by atoms with van der Waals surface area (Å²) >= 11 is 0. The van der Waals surface area contributed by atoms with Gasteiger partial charge in [0.25, 0.3) is 0 Å². The molecule has 4 heteroatoms. The second-order valence-electron chi connectivity index (χ2n) is 2.80. The van der Waals surface area contributed by atoms with Crippen LogP contribution >= 0.6 is 0 Å². The highest BCUT2D eigenvalue weighted by atomic mass is 16.3. The number of benzene rings is 1.